The number of rotatable bonds is 7. The zero-order valence-corrected chi connectivity index (χ0v) is 13.8. The molecule has 1 unspecified atom stereocenters. The molecular formula is C17H25N3O3. The van der Waals surface area contributed by atoms with Crippen LogP contribution in [0.1, 0.15) is 20.3 Å². The van der Waals surface area contributed by atoms with Crippen molar-refractivity contribution in [3.63, 3.8) is 0 Å². The Morgan fingerprint density at radius 2 is 2.13 bits per heavy atom. The van der Waals surface area contributed by atoms with Crippen LogP contribution in [0.15, 0.2) is 24.3 Å². The van der Waals surface area contributed by atoms with Gasteiger partial charge in [-0.1, -0.05) is 6.07 Å². The molecule has 1 aliphatic heterocycles. The number of anilines is 1. The molecule has 0 spiro atoms. The number of benzene rings is 1. The van der Waals surface area contributed by atoms with Crippen molar-refractivity contribution in [1.29, 1.82) is 0 Å². The Morgan fingerprint density at radius 1 is 1.35 bits per heavy atom. The van der Waals surface area contributed by atoms with Gasteiger partial charge in [0.15, 0.2) is 6.61 Å². The third-order valence-corrected chi connectivity index (χ3v) is 4.01. The fourth-order valence-corrected chi connectivity index (χ4v) is 2.60. The minimum atomic E-state index is -0.0403. The van der Waals surface area contributed by atoms with Gasteiger partial charge in [-0.3, -0.25) is 9.59 Å². The number of nitrogens with one attached hydrogen (secondary N) is 2. The third kappa shape index (κ3) is 4.96. The van der Waals surface area contributed by atoms with Crippen LogP contribution in [0, 0.1) is 5.92 Å². The summed E-state index contributed by atoms with van der Waals surface area (Å²) in [6.07, 6.45) is 0.862. The van der Waals surface area contributed by atoms with Crippen molar-refractivity contribution >= 4 is 17.5 Å². The van der Waals surface area contributed by atoms with Crippen molar-refractivity contribution in [1.82, 2.24) is 10.2 Å². The summed E-state index contributed by atoms with van der Waals surface area (Å²) in [7, 11) is 0. The summed E-state index contributed by atoms with van der Waals surface area (Å²) in [6.45, 7) is 6.83. The molecule has 1 fully saturated rings. The normalized spacial score (nSPS) is 16.9. The largest absolute Gasteiger partial charge is 0.484 e. The molecular weight excluding hydrogens is 294 g/mol. The average Bonchev–Trinajstić information content (AvgIpc) is 3.09. The molecule has 0 radical (unpaired) electrons. The summed E-state index contributed by atoms with van der Waals surface area (Å²) in [6, 6.07) is 7.15. The highest BCUT2D eigenvalue weighted by Crippen LogP contribution is 2.19. The number of amides is 2. The van der Waals surface area contributed by atoms with E-state index in [1.54, 1.807) is 23.1 Å². The Kier molecular flexibility index (Phi) is 6.40. The number of hydrogen-bond donors (Lipinski definition) is 2. The van der Waals surface area contributed by atoms with Crippen molar-refractivity contribution in [3.8, 4) is 5.75 Å². The number of hydrogen-bond acceptors (Lipinski definition) is 4. The second-order valence-electron chi connectivity index (χ2n) is 5.56. The minimum Gasteiger partial charge on any atom is -0.484 e. The van der Waals surface area contributed by atoms with E-state index >= 15 is 0 Å². The van der Waals surface area contributed by atoms with Crippen molar-refractivity contribution in [3.05, 3.63) is 24.3 Å². The van der Waals surface area contributed by atoms with Crippen LogP contribution in [-0.4, -0.2) is 49.5 Å². The van der Waals surface area contributed by atoms with E-state index in [0.29, 0.717) is 24.5 Å². The van der Waals surface area contributed by atoms with Crippen LogP contribution in [0.3, 0.4) is 0 Å². The predicted octanol–water partition coefficient (Wildman–Crippen LogP) is 1.48. The first kappa shape index (κ1) is 17.3. The van der Waals surface area contributed by atoms with Gasteiger partial charge in [0.2, 0.25) is 5.91 Å². The molecule has 0 aromatic heterocycles. The maximum atomic E-state index is 12.1. The zero-order chi connectivity index (χ0) is 16.7. The number of carbonyl (C=O) groups excluding carboxylic acids is 2. The van der Waals surface area contributed by atoms with Gasteiger partial charge < -0.3 is 20.3 Å². The summed E-state index contributed by atoms with van der Waals surface area (Å²) >= 11 is 0. The van der Waals surface area contributed by atoms with Crippen LogP contribution in [0.2, 0.25) is 0 Å². The Hall–Kier alpha value is -2.08. The van der Waals surface area contributed by atoms with Gasteiger partial charge in [-0.2, -0.15) is 0 Å². The van der Waals surface area contributed by atoms with Crippen molar-refractivity contribution in [2.45, 2.75) is 20.3 Å². The Labute approximate surface area is 137 Å². The second-order valence-corrected chi connectivity index (χ2v) is 5.56. The Bertz CT molecular complexity index is 538. The Balaban J connectivity index is 1.89. The van der Waals surface area contributed by atoms with E-state index in [2.05, 4.69) is 10.6 Å². The van der Waals surface area contributed by atoms with E-state index in [1.165, 1.54) is 0 Å². The standard InChI is InChI=1S/C17H25N3O3/c1-3-20(4-2)16(21)12-23-15-7-5-6-14(10-15)19-17(22)13-8-9-18-11-13/h5-7,10,13,18H,3-4,8-9,11-12H2,1-2H3,(H,19,22). The van der Waals surface area contributed by atoms with E-state index in [0.717, 1.165) is 19.5 Å². The molecule has 6 nitrogen and oxygen atoms in total. The third-order valence-electron chi connectivity index (χ3n) is 4.01. The molecule has 1 atom stereocenters. The minimum absolute atomic E-state index is 0.00558. The lowest BCUT2D eigenvalue weighted by molar-refractivity contribution is -0.133. The van der Waals surface area contributed by atoms with Gasteiger partial charge in [-0.25, -0.2) is 0 Å². The summed E-state index contributed by atoms with van der Waals surface area (Å²) < 4.78 is 5.55. The molecule has 0 saturated carbocycles. The summed E-state index contributed by atoms with van der Waals surface area (Å²) in [4.78, 5) is 25.8. The van der Waals surface area contributed by atoms with E-state index in [1.807, 2.05) is 19.9 Å². The molecule has 1 heterocycles. The smallest absolute Gasteiger partial charge is 0.260 e. The number of carbonyl (C=O) groups is 2. The average molecular weight is 319 g/mol. The van der Waals surface area contributed by atoms with Crippen LogP contribution in [0.5, 0.6) is 5.75 Å². The molecule has 0 aliphatic carbocycles. The first-order valence-corrected chi connectivity index (χ1v) is 8.16. The first-order valence-electron chi connectivity index (χ1n) is 8.16. The number of likely N-dealkylation sites (N-methyl/N-ethyl adjacent to an activating group) is 1. The molecule has 2 rings (SSSR count). The van der Waals surface area contributed by atoms with Crippen LogP contribution in [-0.2, 0) is 9.59 Å². The number of ether oxygens (including phenoxy) is 1. The van der Waals surface area contributed by atoms with Crippen LogP contribution in [0.25, 0.3) is 0 Å². The SMILES string of the molecule is CCN(CC)C(=O)COc1cccc(NC(=O)C2CCNC2)c1. The predicted molar refractivity (Wildman–Crippen MR) is 89.5 cm³/mol. The maximum absolute atomic E-state index is 12.1. The van der Waals surface area contributed by atoms with Crippen LogP contribution >= 0.6 is 0 Å². The highest BCUT2D eigenvalue weighted by Gasteiger charge is 2.22. The summed E-state index contributed by atoms with van der Waals surface area (Å²) in [5.74, 6) is 0.574. The number of nitrogens with zero attached hydrogens (tertiary/aromatic N) is 1. The second kappa shape index (κ2) is 8.53. The van der Waals surface area contributed by atoms with Crippen molar-refractivity contribution < 1.29 is 14.3 Å². The zero-order valence-electron chi connectivity index (χ0n) is 13.8. The van der Waals surface area contributed by atoms with Crippen LogP contribution < -0.4 is 15.4 Å². The van der Waals surface area contributed by atoms with E-state index in [-0.39, 0.29) is 24.3 Å². The van der Waals surface area contributed by atoms with Gasteiger partial charge >= 0.3 is 0 Å². The van der Waals surface area contributed by atoms with Gasteiger partial charge in [0, 0.05) is 31.4 Å². The lowest BCUT2D eigenvalue weighted by atomic mass is 10.1. The summed E-state index contributed by atoms with van der Waals surface area (Å²) in [5.41, 5.74) is 0.690. The van der Waals surface area contributed by atoms with Crippen LogP contribution in [0.4, 0.5) is 5.69 Å². The molecule has 23 heavy (non-hydrogen) atoms. The van der Waals surface area contributed by atoms with Gasteiger partial charge in [0.25, 0.3) is 5.91 Å². The first-order chi connectivity index (χ1) is 11.1. The van der Waals surface area contributed by atoms with E-state index in [9.17, 15) is 9.59 Å². The maximum Gasteiger partial charge on any atom is 0.260 e. The molecule has 2 N–H and O–H groups in total. The van der Waals surface area contributed by atoms with Gasteiger partial charge in [0.1, 0.15) is 5.75 Å². The lowest BCUT2D eigenvalue weighted by Gasteiger charge is -2.18. The molecule has 0 bridgehead atoms. The fourth-order valence-electron chi connectivity index (χ4n) is 2.60. The quantitative estimate of drug-likeness (QED) is 0.799. The molecule has 6 heteroatoms. The molecule has 2 amide bonds. The monoisotopic (exact) mass is 319 g/mol. The van der Waals surface area contributed by atoms with Gasteiger partial charge in [-0.15, -0.1) is 0 Å². The highest BCUT2D eigenvalue weighted by molar-refractivity contribution is 5.93. The molecule has 1 aromatic rings. The topological polar surface area (TPSA) is 70.7 Å². The van der Waals surface area contributed by atoms with Crippen molar-refractivity contribution in [2.24, 2.45) is 5.92 Å². The van der Waals surface area contributed by atoms with E-state index in [4.69, 9.17) is 4.74 Å². The lowest BCUT2D eigenvalue weighted by Crippen LogP contribution is -2.34. The van der Waals surface area contributed by atoms with Gasteiger partial charge in [0.05, 0.1) is 5.92 Å². The van der Waals surface area contributed by atoms with Crippen molar-refractivity contribution in [2.75, 3.05) is 38.1 Å². The highest BCUT2D eigenvalue weighted by atomic mass is 16.5. The molecule has 126 valence electrons. The van der Waals surface area contributed by atoms with Gasteiger partial charge in [-0.05, 0) is 38.9 Å². The van der Waals surface area contributed by atoms with E-state index < -0.39 is 0 Å². The summed E-state index contributed by atoms with van der Waals surface area (Å²) in [5, 5.41) is 6.08. The molecule has 1 saturated heterocycles. The molecule has 1 aliphatic rings. The molecule has 1 aromatic carbocycles. The Morgan fingerprint density at radius 3 is 2.78 bits per heavy atom. The fraction of sp³-hybridized carbons (Fsp3) is 0.529.